The van der Waals surface area contributed by atoms with Crippen LogP contribution in [-0.2, 0) is 14.3 Å². The van der Waals surface area contributed by atoms with Crippen molar-refractivity contribution in [2.24, 2.45) is 0 Å². The first-order valence-corrected chi connectivity index (χ1v) is 7.06. The minimum Gasteiger partial charge on any atom is -0.396 e. The van der Waals surface area contributed by atoms with Crippen molar-refractivity contribution in [2.75, 3.05) is 26.8 Å². The van der Waals surface area contributed by atoms with E-state index in [0.29, 0.717) is 18.5 Å². The Morgan fingerprint density at radius 3 is 2.77 bits per heavy atom. The van der Waals surface area contributed by atoms with Crippen LogP contribution >= 0.6 is 0 Å². The predicted octanol–water partition coefficient (Wildman–Crippen LogP) is 0.223. The van der Waals surface area contributed by atoms with E-state index in [2.05, 4.69) is 5.32 Å². The summed E-state index contributed by atoms with van der Waals surface area (Å²) in [7, 11) is 1.59. The Kier molecular flexibility index (Phi) is 5.46. The van der Waals surface area contributed by atoms with Gasteiger partial charge in [0.2, 0.25) is 5.91 Å². The van der Waals surface area contributed by atoms with Gasteiger partial charge >= 0.3 is 0 Å². The molecule has 0 spiro atoms. The summed E-state index contributed by atoms with van der Waals surface area (Å²) in [6.45, 7) is 0.126. The van der Waals surface area contributed by atoms with Gasteiger partial charge in [-0.25, -0.2) is 4.39 Å². The second-order valence-electron chi connectivity index (χ2n) is 5.10. The van der Waals surface area contributed by atoms with Crippen molar-refractivity contribution >= 4 is 11.8 Å². The van der Waals surface area contributed by atoms with Gasteiger partial charge in [-0.2, -0.15) is 0 Å². The van der Waals surface area contributed by atoms with E-state index < -0.39 is 18.0 Å². The molecule has 7 heteroatoms. The van der Waals surface area contributed by atoms with Crippen molar-refractivity contribution in [2.45, 2.75) is 18.6 Å². The van der Waals surface area contributed by atoms with Crippen LogP contribution in [0.15, 0.2) is 24.3 Å². The molecule has 2 amide bonds. The quantitative estimate of drug-likeness (QED) is 0.763. The molecule has 0 unspecified atom stereocenters. The van der Waals surface area contributed by atoms with E-state index in [-0.39, 0.29) is 25.0 Å². The highest BCUT2D eigenvalue weighted by Crippen LogP contribution is 2.29. The number of likely N-dealkylation sites (N-methyl/N-ethyl adjacent to an activating group) is 1. The molecule has 0 bridgehead atoms. The molecule has 0 saturated carbocycles. The first-order valence-electron chi connectivity index (χ1n) is 7.06. The number of halogens is 1. The normalized spacial score (nSPS) is 21.8. The van der Waals surface area contributed by atoms with Crippen LogP contribution in [0.25, 0.3) is 0 Å². The third-order valence-corrected chi connectivity index (χ3v) is 3.59. The Morgan fingerprint density at radius 2 is 2.14 bits per heavy atom. The Morgan fingerprint density at radius 1 is 1.45 bits per heavy atom. The summed E-state index contributed by atoms with van der Waals surface area (Å²) in [4.78, 5) is 25.5. The van der Waals surface area contributed by atoms with Gasteiger partial charge in [0.1, 0.15) is 12.4 Å². The number of morpholine rings is 1. The van der Waals surface area contributed by atoms with E-state index >= 15 is 0 Å². The smallest absolute Gasteiger partial charge is 0.251 e. The molecule has 0 radical (unpaired) electrons. The molecule has 6 nitrogen and oxygen atoms in total. The van der Waals surface area contributed by atoms with Gasteiger partial charge in [0.15, 0.2) is 6.10 Å². The number of nitrogens with one attached hydrogen (secondary N) is 1. The van der Waals surface area contributed by atoms with Gasteiger partial charge < -0.3 is 20.1 Å². The molecule has 2 N–H and O–H groups in total. The molecule has 2 rings (SSSR count). The lowest BCUT2D eigenvalue weighted by Gasteiger charge is -2.38. The fraction of sp³-hybridized carbons (Fsp3) is 0.467. The average Bonchev–Trinajstić information content (AvgIpc) is 2.51. The van der Waals surface area contributed by atoms with Gasteiger partial charge in [-0.1, -0.05) is 12.1 Å². The molecule has 1 aliphatic rings. The minimum absolute atomic E-state index is 0.0222. The Balaban J connectivity index is 2.20. The van der Waals surface area contributed by atoms with E-state index in [4.69, 9.17) is 9.84 Å². The monoisotopic (exact) mass is 310 g/mol. The number of benzene rings is 1. The lowest BCUT2D eigenvalue weighted by atomic mass is 9.97. The Labute approximate surface area is 127 Å². The van der Waals surface area contributed by atoms with Crippen molar-refractivity contribution in [1.82, 2.24) is 10.2 Å². The number of aliphatic hydroxyl groups excluding tert-OH is 1. The van der Waals surface area contributed by atoms with Gasteiger partial charge in [-0.15, -0.1) is 0 Å². The van der Waals surface area contributed by atoms with Crippen LogP contribution in [0.2, 0.25) is 0 Å². The van der Waals surface area contributed by atoms with Gasteiger partial charge in [0.05, 0.1) is 6.04 Å². The maximum absolute atomic E-state index is 13.1. The van der Waals surface area contributed by atoms with E-state index in [1.54, 1.807) is 7.05 Å². The summed E-state index contributed by atoms with van der Waals surface area (Å²) in [5, 5.41) is 11.4. The summed E-state index contributed by atoms with van der Waals surface area (Å²) >= 11 is 0. The van der Waals surface area contributed by atoms with Crippen LogP contribution in [-0.4, -0.2) is 54.7 Å². The standard InChI is InChI=1S/C15H19FN2O4/c1-18-12(20)9-22-14(15(21)17-7-2-8-19)13(18)10-3-5-11(16)6-4-10/h3-6,13-14,19H,2,7-9H2,1H3,(H,17,21)/t13-,14+/m0/s1. The lowest BCUT2D eigenvalue weighted by Crippen LogP contribution is -2.53. The van der Waals surface area contributed by atoms with Crippen LogP contribution in [0, 0.1) is 5.82 Å². The number of hydrogen-bond acceptors (Lipinski definition) is 4. The van der Waals surface area contributed by atoms with Crippen LogP contribution in [0.4, 0.5) is 4.39 Å². The molecule has 1 aliphatic heterocycles. The molecule has 1 heterocycles. The molecule has 1 aromatic carbocycles. The number of carbonyl (C=O) groups excluding carboxylic acids is 2. The third kappa shape index (κ3) is 3.61. The Bertz CT molecular complexity index is 535. The molecule has 1 saturated heterocycles. The summed E-state index contributed by atoms with van der Waals surface area (Å²) in [6, 6.07) is 5.02. The average molecular weight is 310 g/mol. The molecule has 2 atom stereocenters. The zero-order valence-corrected chi connectivity index (χ0v) is 12.3. The largest absolute Gasteiger partial charge is 0.396 e. The van der Waals surface area contributed by atoms with E-state index in [0.717, 1.165) is 0 Å². The highest BCUT2D eigenvalue weighted by Gasteiger charge is 2.39. The SMILES string of the molecule is CN1C(=O)CO[C@@H](C(=O)NCCCO)[C@@H]1c1ccc(F)cc1. The second kappa shape index (κ2) is 7.33. The van der Waals surface area contributed by atoms with Crippen LogP contribution in [0.1, 0.15) is 18.0 Å². The van der Waals surface area contributed by atoms with Crippen molar-refractivity contribution in [3.05, 3.63) is 35.6 Å². The van der Waals surface area contributed by atoms with Gasteiger partial charge in [0.25, 0.3) is 5.91 Å². The van der Waals surface area contributed by atoms with E-state index in [9.17, 15) is 14.0 Å². The van der Waals surface area contributed by atoms with Crippen LogP contribution in [0.3, 0.4) is 0 Å². The van der Waals surface area contributed by atoms with Crippen LogP contribution in [0.5, 0.6) is 0 Å². The fourth-order valence-corrected chi connectivity index (χ4v) is 2.38. The first-order chi connectivity index (χ1) is 10.5. The number of amides is 2. The molecule has 0 aromatic heterocycles. The number of carbonyl (C=O) groups is 2. The van der Waals surface area contributed by atoms with Gasteiger partial charge in [0, 0.05) is 20.2 Å². The summed E-state index contributed by atoms with van der Waals surface area (Å²) in [5.74, 6) is -0.991. The van der Waals surface area contributed by atoms with Crippen molar-refractivity contribution < 1.29 is 23.8 Å². The number of aliphatic hydroxyl groups is 1. The zero-order valence-electron chi connectivity index (χ0n) is 12.3. The van der Waals surface area contributed by atoms with E-state index in [1.165, 1.54) is 29.2 Å². The first kappa shape index (κ1) is 16.4. The highest BCUT2D eigenvalue weighted by molar-refractivity contribution is 5.86. The zero-order chi connectivity index (χ0) is 16.1. The molecular formula is C15H19FN2O4. The topological polar surface area (TPSA) is 78.9 Å². The molecule has 0 aliphatic carbocycles. The number of rotatable bonds is 5. The van der Waals surface area contributed by atoms with Gasteiger partial charge in [-0.3, -0.25) is 9.59 Å². The Hall–Kier alpha value is -1.99. The predicted molar refractivity (Wildman–Crippen MR) is 76.4 cm³/mol. The molecule has 120 valence electrons. The molecule has 1 aromatic rings. The van der Waals surface area contributed by atoms with Crippen LogP contribution < -0.4 is 5.32 Å². The van der Waals surface area contributed by atoms with Gasteiger partial charge in [-0.05, 0) is 24.1 Å². The summed E-state index contributed by atoms with van der Waals surface area (Å²) in [5.41, 5.74) is 0.624. The minimum atomic E-state index is -0.869. The number of ether oxygens (including phenoxy) is 1. The fourth-order valence-electron chi connectivity index (χ4n) is 2.38. The third-order valence-electron chi connectivity index (χ3n) is 3.59. The molecule has 1 fully saturated rings. The summed E-state index contributed by atoms with van der Waals surface area (Å²) < 4.78 is 18.5. The highest BCUT2D eigenvalue weighted by atomic mass is 19.1. The number of hydrogen-bond donors (Lipinski definition) is 2. The lowest BCUT2D eigenvalue weighted by molar-refractivity contribution is -0.162. The maximum Gasteiger partial charge on any atom is 0.251 e. The van der Waals surface area contributed by atoms with Crippen molar-refractivity contribution in [1.29, 1.82) is 0 Å². The maximum atomic E-state index is 13.1. The number of nitrogens with zero attached hydrogens (tertiary/aromatic N) is 1. The summed E-state index contributed by atoms with van der Waals surface area (Å²) in [6.07, 6.45) is -0.430. The van der Waals surface area contributed by atoms with Crippen molar-refractivity contribution in [3.8, 4) is 0 Å². The van der Waals surface area contributed by atoms with E-state index in [1.807, 2.05) is 0 Å². The molecule has 22 heavy (non-hydrogen) atoms. The second-order valence-corrected chi connectivity index (χ2v) is 5.10. The molecular weight excluding hydrogens is 291 g/mol. The van der Waals surface area contributed by atoms with Crippen molar-refractivity contribution in [3.63, 3.8) is 0 Å².